The van der Waals surface area contributed by atoms with E-state index >= 15 is 0 Å². The van der Waals surface area contributed by atoms with Gasteiger partial charge in [0.05, 0.1) is 0 Å². The van der Waals surface area contributed by atoms with Crippen LogP contribution in [0.15, 0.2) is 0 Å². The second-order valence-corrected chi connectivity index (χ2v) is 3.41. The Labute approximate surface area is 80.5 Å². The number of hydrogen-bond donors (Lipinski definition) is 0. The van der Waals surface area contributed by atoms with Crippen LogP contribution >= 0.6 is 0 Å². The Morgan fingerprint density at radius 1 is 0.909 bits per heavy atom. The fourth-order valence-corrected chi connectivity index (χ4v) is 0.908. The topological polar surface area (TPSA) is 18.5 Å². The normalized spacial score (nSPS) is 9.45. The predicted octanol–water partition coefficient (Wildman–Crippen LogP) is 2.59. The molecule has 0 aliphatic rings. The van der Waals surface area contributed by atoms with E-state index in [9.17, 15) is 0 Å². The first-order valence-corrected chi connectivity index (χ1v) is 5.17. The van der Waals surface area contributed by atoms with Crippen LogP contribution in [0.25, 0.3) is 0 Å². The van der Waals surface area contributed by atoms with Gasteiger partial charge in [-0.25, -0.2) is 0 Å². The van der Waals surface area contributed by atoms with Gasteiger partial charge in [0.1, 0.15) is 0 Å². The molecule has 0 rings (SSSR count). The van der Waals surface area contributed by atoms with Gasteiger partial charge >= 0.3 is 66.5 Å². The minimum atomic E-state index is -0.574. The van der Waals surface area contributed by atoms with Crippen molar-refractivity contribution < 1.29 is 26.6 Å². The van der Waals surface area contributed by atoms with Crippen molar-refractivity contribution in [3.05, 3.63) is 6.92 Å². The third-order valence-electron chi connectivity index (χ3n) is 0.568. The van der Waals surface area contributed by atoms with Crippen molar-refractivity contribution in [3.63, 3.8) is 0 Å². The molecule has 0 aliphatic carbocycles. The molecule has 0 saturated carbocycles. The van der Waals surface area contributed by atoms with Crippen LogP contribution in [0.4, 0.5) is 0 Å². The fraction of sp³-hybridized carbons (Fsp3) is 0.875. The zero-order valence-electron chi connectivity index (χ0n) is 8.18. The molecule has 0 heterocycles. The van der Waals surface area contributed by atoms with Crippen LogP contribution in [0, 0.1) is 6.92 Å². The summed E-state index contributed by atoms with van der Waals surface area (Å²) < 4.78 is 10.5. The van der Waals surface area contributed by atoms with Crippen molar-refractivity contribution in [3.8, 4) is 0 Å². The zero-order valence-corrected chi connectivity index (χ0v) is 9.74. The summed E-state index contributed by atoms with van der Waals surface area (Å²) in [6.45, 7) is 13.1. The molecule has 0 fully saturated rings. The first-order chi connectivity index (χ1) is 5.13. The minimum absolute atomic E-state index is 0.323. The summed E-state index contributed by atoms with van der Waals surface area (Å²) in [5.41, 5.74) is 0. The van der Waals surface area contributed by atoms with Gasteiger partial charge in [-0.15, -0.1) is 0 Å². The Bertz CT molecular complexity index is 57.1. The molecular weight excluding hydrogens is 176 g/mol. The fourth-order valence-electron chi connectivity index (χ4n) is 0.220. The third-order valence-corrected chi connectivity index (χ3v) is 2.34. The summed E-state index contributed by atoms with van der Waals surface area (Å²) in [4.78, 5) is 0. The minimum Gasteiger partial charge on any atom is -0.0654 e. The standard InChI is InChI=1S/2C3H7O.C2H5.Ti/c2*1-3(2)4;1-2;/h2*3H,1-2H3;1H2,2H3;/q2*-1;;+2. The SMILES string of the molecule is CC(C)[O][Ti][O]C(C)C.[CH2]C. The molecule has 0 amide bonds. The van der Waals surface area contributed by atoms with Crippen molar-refractivity contribution in [2.24, 2.45) is 0 Å². The number of rotatable bonds is 4. The molecule has 0 saturated heterocycles. The van der Waals surface area contributed by atoms with Gasteiger partial charge in [0.15, 0.2) is 0 Å². The second-order valence-electron chi connectivity index (χ2n) is 2.42. The quantitative estimate of drug-likeness (QED) is 0.642. The molecule has 0 N–H and O–H groups in total. The van der Waals surface area contributed by atoms with Crippen LogP contribution in [-0.4, -0.2) is 12.2 Å². The maximum atomic E-state index is 5.26. The van der Waals surface area contributed by atoms with Crippen LogP contribution < -0.4 is 0 Å². The Morgan fingerprint density at radius 2 is 1.18 bits per heavy atom. The molecule has 1 radical (unpaired) electrons. The van der Waals surface area contributed by atoms with E-state index in [1.807, 2.05) is 27.7 Å². The van der Waals surface area contributed by atoms with Crippen LogP contribution in [0.1, 0.15) is 34.6 Å². The largest absolute Gasteiger partial charge is 0.0654 e. The first-order valence-electron chi connectivity index (χ1n) is 3.90. The third kappa shape index (κ3) is 18.0. The van der Waals surface area contributed by atoms with Gasteiger partial charge < -0.3 is 0 Å². The molecular formula is C8H19O2Ti. The van der Waals surface area contributed by atoms with E-state index in [2.05, 4.69) is 6.92 Å². The molecule has 0 aromatic heterocycles. The molecule has 0 aromatic carbocycles. The molecule has 67 valence electrons. The molecule has 0 unspecified atom stereocenters. The van der Waals surface area contributed by atoms with Gasteiger partial charge in [-0.05, 0) is 0 Å². The monoisotopic (exact) mass is 195 g/mol. The molecule has 11 heavy (non-hydrogen) atoms. The van der Waals surface area contributed by atoms with Crippen LogP contribution in [0.3, 0.4) is 0 Å². The van der Waals surface area contributed by atoms with E-state index in [1.165, 1.54) is 0 Å². The predicted molar refractivity (Wildman–Crippen MR) is 43.5 cm³/mol. The average molecular weight is 195 g/mol. The summed E-state index contributed by atoms with van der Waals surface area (Å²) >= 11 is -0.574. The van der Waals surface area contributed by atoms with Gasteiger partial charge in [0.2, 0.25) is 0 Å². The van der Waals surface area contributed by atoms with Crippen molar-refractivity contribution in [1.29, 1.82) is 0 Å². The Kier molecular flexibility index (Phi) is 13.7. The summed E-state index contributed by atoms with van der Waals surface area (Å²) in [6.07, 6.45) is 0.646. The zero-order chi connectivity index (χ0) is 9.28. The van der Waals surface area contributed by atoms with Gasteiger partial charge in [-0.3, -0.25) is 0 Å². The van der Waals surface area contributed by atoms with Crippen LogP contribution in [0.5, 0.6) is 0 Å². The molecule has 2 nitrogen and oxygen atoms in total. The van der Waals surface area contributed by atoms with E-state index in [-0.39, 0.29) is 0 Å². The second kappa shape index (κ2) is 10.6. The Morgan fingerprint density at radius 3 is 1.36 bits per heavy atom. The van der Waals surface area contributed by atoms with Gasteiger partial charge in [0.25, 0.3) is 0 Å². The molecule has 3 heteroatoms. The number of hydrogen-bond acceptors (Lipinski definition) is 2. The smallest absolute Gasteiger partial charge is 0.0564 e. The van der Waals surface area contributed by atoms with E-state index in [1.54, 1.807) is 6.92 Å². The van der Waals surface area contributed by atoms with Crippen LogP contribution in [0.2, 0.25) is 0 Å². The maximum absolute atomic E-state index is 5.26. The van der Waals surface area contributed by atoms with Crippen LogP contribution in [-0.2, 0) is 26.6 Å². The Hall–Kier alpha value is 0.634. The molecule has 0 aromatic rings. The van der Waals surface area contributed by atoms with Crippen molar-refractivity contribution in [1.82, 2.24) is 0 Å². The van der Waals surface area contributed by atoms with Gasteiger partial charge in [-0.1, -0.05) is 13.8 Å². The summed E-state index contributed by atoms with van der Waals surface area (Å²) in [5.74, 6) is 0. The Balaban J connectivity index is 0. The average Bonchev–Trinajstić information content (AvgIpc) is 1.90. The molecule has 0 spiro atoms. The van der Waals surface area contributed by atoms with Crippen molar-refractivity contribution in [2.75, 3.05) is 0 Å². The van der Waals surface area contributed by atoms with E-state index in [4.69, 9.17) is 6.64 Å². The van der Waals surface area contributed by atoms with E-state index < -0.39 is 19.9 Å². The van der Waals surface area contributed by atoms with Crippen molar-refractivity contribution >= 4 is 0 Å². The van der Waals surface area contributed by atoms with E-state index in [0.717, 1.165) is 0 Å². The first kappa shape index (κ1) is 14.2. The summed E-state index contributed by atoms with van der Waals surface area (Å²) in [5, 5.41) is 0. The molecule has 0 aliphatic heterocycles. The summed E-state index contributed by atoms with van der Waals surface area (Å²) in [7, 11) is 0. The molecule has 0 bridgehead atoms. The van der Waals surface area contributed by atoms with Gasteiger partial charge in [0, 0.05) is 0 Å². The summed E-state index contributed by atoms with van der Waals surface area (Å²) in [6, 6.07) is 0. The maximum Gasteiger partial charge on any atom is -0.0564 e. The van der Waals surface area contributed by atoms with Gasteiger partial charge in [-0.2, -0.15) is 0 Å². The van der Waals surface area contributed by atoms with E-state index in [0.29, 0.717) is 12.2 Å². The molecule has 0 atom stereocenters. The van der Waals surface area contributed by atoms with Crippen molar-refractivity contribution in [2.45, 2.75) is 46.8 Å².